The summed E-state index contributed by atoms with van der Waals surface area (Å²) in [6, 6.07) is 11.7. The van der Waals surface area contributed by atoms with E-state index in [0.717, 1.165) is 36.6 Å². The van der Waals surface area contributed by atoms with Crippen molar-refractivity contribution >= 4 is 37.5 Å². The lowest BCUT2D eigenvalue weighted by atomic mass is 9.96. The highest BCUT2D eigenvalue weighted by Crippen LogP contribution is 2.28. The first kappa shape index (κ1) is 23.8. The molecule has 8 heteroatoms. The zero-order valence-corrected chi connectivity index (χ0v) is 20.3. The van der Waals surface area contributed by atoms with Gasteiger partial charge in [0.2, 0.25) is 10.0 Å². The van der Waals surface area contributed by atoms with Crippen molar-refractivity contribution in [2.45, 2.75) is 56.4 Å². The average molecular weight is 509 g/mol. The third kappa shape index (κ3) is 5.87. The molecule has 0 aliphatic heterocycles. The summed E-state index contributed by atoms with van der Waals surface area (Å²) in [5, 5.41) is 2.83. The Morgan fingerprint density at radius 2 is 1.81 bits per heavy atom. The Morgan fingerprint density at radius 3 is 2.45 bits per heavy atom. The summed E-state index contributed by atoms with van der Waals surface area (Å²) in [6.07, 6.45) is 5.94. The number of halogens is 1. The van der Waals surface area contributed by atoms with Crippen molar-refractivity contribution in [2.75, 3.05) is 19.0 Å². The van der Waals surface area contributed by atoms with Gasteiger partial charge in [-0.2, -0.15) is 4.31 Å². The lowest BCUT2D eigenvalue weighted by Crippen LogP contribution is -2.38. The zero-order chi connectivity index (χ0) is 22.4. The minimum absolute atomic E-state index is 0.0520. The lowest BCUT2D eigenvalue weighted by Gasteiger charge is -2.30. The molecule has 168 valence electrons. The molecule has 0 unspecified atom stereocenters. The molecule has 0 spiro atoms. The highest BCUT2D eigenvalue weighted by atomic mass is 79.9. The van der Waals surface area contributed by atoms with Crippen molar-refractivity contribution in [1.29, 1.82) is 0 Å². The SMILES string of the molecule is CCCOc1ccc(Br)cc1C(=O)Nc1ccc(S(=O)(=O)N(C)C2CCCCC2)cc1. The number of anilines is 1. The lowest BCUT2D eigenvalue weighted by molar-refractivity contribution is 0.102. The summed E-state index contributed by atoms with van der Waals surface area (Å²) < 4.78 is 33.9. The van der Waals surface area contributed by atoms with Crippen LogP contribution in [-0.2, 0) is 10.0 Å². The second kappa shape index (κ2) is 10.6. The van der Waals surface area contributed by atoms with Gasteiger partial charge in [0, 0.05) is 23.2 Å². The molecule has 31 heavy (non-hydrogen) atoms. The maximum Gasteiger partial charge on any atom is 0.259 e. The molecule has 1 N–H and O–H groups in total. The summed E-state index contributed by atoms with van der Waals surface area (Å²) in [5.74, 6) is 0.193. The summed E-state index contributed by atoms with van der Waals surface area (Å²) >= 11 is 3.39. The second-order valence-electron chi connectivity index (χ2n) is 7.78. The third-order valence-corrected chi connectivity index (χ3v) is 7.94. The third-order valence-electron chi connectivity index (χ3n) is 5.53. The monoisotopic (exact) mass is 508 g/mol. The van der Waals surface area contributed by atoms with E-state index in [1.54, 1.807) is 43.4 Å². The number of hydrogen-bond acceptors (Lipinski definition) is 4. The number of benzene rings is 2. The van der Waals surface area contributed by atoms with Crippen LogP contribution in [0.25, 0.3) is 0 Å². The molecule has 0 bridgehead atoms. The average Bonchev–Trinajstić information content (AvgIpc) is 2.78. The van der Waals surface area contributed by atoms with Gasteiger partial charge in [0.05, 0.1) is 17.1 Å². The summed E-state index contributed by atoms with van der Waals surface area (Å²) in [7, 11) is -1.91. The van der Waals surface area contributed by atoms with E-state index < -0.39 is 10.0 Å². The Morgan fingerprint density at radius 1 is 1.13 bits per heavy atom. The molecular weight excluding hydrogens is 480 g/mol. The molecule has 2 aromatic rings. The molecule has 0 aromatic heterocycles. The van der Waals surface area contributed by atoms with E-state index in [4.69, 9.17) is 4.74 Å². The molecule has 0 radical (unpaired) electrons. The minimum atomic E-state index is -3.56. The van der Waals surface area contributed by atoms with Gasteiger partial charge in [-0.25, -0.2) is 8.42 Å². The standard InChI is InChI=1S/C23H29BrN2O4S/c1-3-15-30-22-14-9-17(24)16-21(22)23(27)25-18-10-12-20(13-11-18)31(28,29)26(2)19-7-5-4-6-8-19/h9-14,16,19H,3-8,15H2,1-2H3,(H,25,27). The summed E-state index contributed by atoms with van der Waals surface area (Å²) in [4.78, 5) is 13.0. The molecule has 1 fully saturated rings. The first-order chi connectivity index (χ1) is 14.8. The number of nitrogens with zero attached hydrogens (tertiary/aromatic N) is 1. The maximum atomic E-state index is 13.0. The zero-order valence-electron chi connectivity index (χ0n) is 17.9. The highest BCUT2D eigenvalue weighted by molar-refractivity contribution is 9.10. The van der Waals surface area contributed by atoms with Crippen molar-refractivity contribution in [3.8, 4) is 5.75 Å². The molecule has 0 atom stereocenters. The van der Waals surface area contributed by atoms with Crippen LogP contribution in [0, 0.1) is 0 Å². The molecule has 1 saturated carbocycles. The maximum absolute atomic E-state index is 13.0. The van der Waals surface area contributed by atoms with Crippen molar-refractivity contribution < 1.29 is 17.9 Å². The van der Waals surface area contributed by atoms with Crippen LogP contribution >= 0.6 is 15.9 Å². The molecule has 2 aromatic carbocycles. The smallest absolute Gasteiger partial charge is 0.259 e. The predicted molar refractivity (Wildman–Crippen MR) is 126 cm³/mol. The van der Waals surface area contributed by atoms with Crippen LogP contribution in [0.2, 0.25) is 0 Å². The number of ether oxygens (including phenoxy) is 1. The Kier molecular flexibility index (Phi) is 8.13. The van der Waals surface area contributed by atoms with Gasteiger partial charge < -0.3 is 10.1 Å². The largest absolute Gasteiger partial charge is 0.493 e. The molecule has 0 heterocycles. The molecule has 6 nitrogen and oxygen atoms in total. The van der Waals surface area contributed by atoms with Gasteiger partial charge in [-0.15, -0.1) is 0 Å². The molecule has 1 aliphatic carbocycles. The number of carbonyl (C=O) groups excluding carboxylic acids is 1. The number of sulfonamides is 1. The first-order valence-corrected chi connectivity index (χ1v) is 12.9. The molecule has 1 aliphatic rings. The number of hydrogen-bond donors (Lipinski definition) is 1. The Labute approximate surface area is 193 Å². The topological polar surface area (TPSA) is 75.7 Å². The minimum Gasteiger partial charge on any atom is -0.493 e. The van der Waals surface area contributed by atoms with Crippen molar-refractivity contribution in [3.63, 3.8) is 0 Å². The first-order valence-electron chi connectivity index (χ1n) is 10.6. The van der Waals surface area contributed by atoms with Crippen LogP contribution in [0.5, 0.6) is 5.75 Å². The summed E-state index contributed by atoms with van der Waals surface area (Å²) in [5.41, 5.74) is 0.933. The molecule has 0 saturated heterocycles. The van der Waals surface area contributed by atoms with Gasteiger partial charge in [0.25, 0.3) is 5.91 Å². The molecular formula is C23H29BrN2O4S. The second-order valence-corrected chi connectivity index (χ2v) is 10.7. The van der Waals surface area contributed by atoms with E-state index in [1.165, 1.54) is 10.7 Å². The van der Waals surface area contributed by atoms with Crippen LogP contribution in [0.4, 0.5) is 5.69 Å². The van der Waals surface area contributed by atoms with Gasteiger partial charge >= 0.3 is 0 Å². The van der Waals surface area contributed by atoms with E-state index in [9.17, 15) is 13.2 Å². The number of nitrogens with one attached hydrogen (secondary N) is 1. The fourth-order valence-electron chi connectivity index (χ4n) is 3.73. The number of carbonyl (C=O) groups is 1. The van der Waals surface area contributed by atoms with Gasteiger partial charge in [0.15, 0.2) is 0 Å². The van der Waals surface area contributed by atoms with E-state index in [2.05, 4.69) is 21.2 Å². The van der Waals surface area contributed by atoms with Crippen LogP contribution in [0.3, 0.4) is 0 Å². The fraction of sp³-hybridized carbons (Fsp3) is 0.435. The number of rotatable bonds is 8. The fourth-order valence-corrected chi connectivity index (χ4v) is 5.51. The number of amides is 1. The summed E-state index contributed by atoms with van der Waals surface area (Å²) in [6.45, 7) is 2.52. The van der Waals surface area contributed by atoms with Crippen LogP contribution in [0.15, 0.2) is 51.8 Å². The van der Waals surface area contributed by atoms with Gasteiger partial charge in [-0.05, 0) is 61.7 Å². The van der Waals surface area contributed by atoms with Crippen molar-refractivity contribution in [1.82, 2.24) is 4.31 Å². The highest BCUT2D eigenvalue weighted by Gasteiger charge is 2.29. The Hall–Kier alpha value is -1.90. The van der Waals surface area contributed by atoms with Gasteiger partial charge in [-0.1, -0.05) is 42.1 Å². The van der Waals surface area contributed by atoms with Crippen LogP contribution < -0.4 is 10.1 Å². The van der Waals surface area contributed by atoms with E-state index in [-0.39, 0.29) is 16.8 Å². The molecule has 3 rings (SSSR count). The van der Waals surface area contributed by atoms with Gasteiger partial charge in [-0.3, -0.25) is 4.79 Å². The van der Waals surface area contributed by atoms with E-state index >= 15 is 0 Å². The Balaban J connectivity index is 1.73. The van der Waals surface area contributed by atoms with Crippen LogP contribution in [-0.4, -0.2) is 38.3 Å². The quantitative estimate of drug-likeness (QED) is 0.514. The van der Waals surface area contributed by atoms with E-state index in [0.29, 0.717) is 23.6 Å². The van der Waals surface area contributed by atoms with Crippen LogP contribution in [0.1, 0.15) is 55.8 Å². The molecule has 1 amide bonds. The normalized spacial score (nSPS) is 15.1. The van der Waals surface area contributed by atoms with Crippen molar-refractivity contribution in [3.05, 3.63) is 52.5 Å². The van der Waals surface area contributed by atoms with E-state index in [1.807, 2.05) is 13.0 Å². The van der Waals surface area contributed by atoms with Gasteiger partial charge in [0.1, 0.15) is 5.75 Å². The predicted octanol–water partition coefficient (Wildman–Crippen LogP) is 5.44. The van der Waals surface area contributed by atoms with Crippen molar-refractivity contribution in [2.24, 2.45) is 0 Å². The Bertz CT molecular complexity index is 1000.